The zero-order valence-corrected chi connectivity index (χ0v) is 64.3. The van der Waals surface area contributed by atoms with Gasteiger partial charge in [-0.1, -0.05) is 417 Å². The Labute approximate surface area is 601 Å². The van der Waals surface area contributed by atoms with E-state index in [0.29, 0.717) is 19.4 Å². The Morgan fingerprint density at radius 3 is 1.02 bits per heavy atom. The van der Waals surface area contributed by atoms with Crippen LogP contribution in [0.1, 0.15) is 450 Å². The van der Waals surface area contributed by atoms with Gasteiger partial charge in [-0.05, 0) is 44.9 Å². The topological polar surface area (TPSA) is 175 Å². The molecular weight excluding hydrogens is 1210 g/mol. The van der Waals surface area contributed by atoms with Gasteiger partial charge in [-0.3, -0.25) is 9.59 Å². The smallest absolute Gasteiger partial charge is 0.305 e. The van der Waals surface area contributed by atoms with Crippen LogP contribution in [0.4, 0.5) is 0 Å². The summed E-state index contributed by atoms with van der Waals surface area (Å²) in [6.07, 6.45) is 88.3. The summed E-state index contributed by atoms with van der Waals surface area (Å²) in [7, 11) is 0. The van der Waals surface area contributed by atoms with Crippen molar-refractivity contribution in [1.29, 1.82) is 0 Å². The number of unbranched alkanes of at least 4 members (excludes halogenated alkanes) is 62. The predicted octanol–water partition coefficient (Wildman–Crippen LogP) is 23.9. The first kappa shape index (κ1) is 93.2. The molecule has 0 radical (unpaired) electrons. The number of amides is 1. The molecule has 574 valence electrons. The number of esters is 1. The zero-order chi connectivity index (χ0) is 70.1. The molecule has 0 aromatic heterocycles. The normalized spacial score (nSPS) is 17.3. The number of rotatable bonds is 78. The number of carbonyl (C=O) groups is 2. The summed E-state index contributed by atoms with van der Waals surface area (Å²) in [5, 5.41) is 54.5. The molecule has 0 aromatic carbocycles. The van der Waals surface area contributed by atoms with E-state index in [1.165, 1.54) is 372 Å². The number of aliphatic hydroxyl groups excluding tert-OH is 5. The highest BCUT2D eigenvalue weighted by Crippen LogP contribution is 2.24. The van der Waals surface area contributed by atoms with Gasteiger partial charge in [-0.2, -0.15) is 0 Å². The van der Waals surface area contributed by atoms with Crippen molar-refractivity contribution < 1.29 is 49.3 Å². The first-order chi connectivity index (χ1) is 47.7. The number of hydrogen-bond acceptors (Lipinski definition) is 10. The largest absolute Gasteiger partial charge is 0.466 e. The summed E-state index contributed by atoms with van der Waals surface area (Å²) in [5.74, 6) is -0.160. The molecule has 0 spiro atoms. The van der Waals surface area contributed by atoms with Crippen molar-refractivity contribution in [2.75, 3.05) is 19.8 Å². The first-order valence-corrected chi connectivity index (χ1v) is 43.1. The average molecular weight is 1370 g/mol. The van der Waals surface area contributed by atoms with Crippen molar-refractivity contribution in [3.8, 4) is 0 Å². The van der Waals surface area contributed by atoms with Crippen molar-refractivity contribution in [1.82, 2.24) is 5.32 Å². The molecule has 1 fully saturated rings. The molecule has 1 heterocycles. The van der Waals surface area contributed by atoms with Crippen LogP contribution in [0.5, 0.6) is 0 Å². The Balaban J connectivity index is 1.83. The minimum atomic E-state index is -1.57. The molecule has 97 heavy (non-hydrogen) atoms. The van der Waals surface area contributed by atoms with Gasteiger partial charge in [0.05, 0.1) is 32.0 Å². The van der Waals surface area contributed by atoms with Crippen LogP contribution in [0.2, 0.25) is 0 Å². The van der Waals surface area contributed by atoms with Crippen LogP contribution in [-0.2, 0) is 23.8 Å². The molecule has 1 saturated heterocycles. The van der Waals surface area contributed by atoms with Crippen molar-refractivity contribution in [3.05, 3.63) is 24.3 Å². The van der Waals surface area contributed by atoms with Crippen molar-refractivity contribution >= 4 is 11.9 Å². The predicted molar refractivity (Wildman–Crippen MR) is 412 cm³/mol. The van der Waals surface area contributed by atoms with Gasteiger partial charge in [0, 0.05) is 12.8 Å². The second-order valence-corrected chi connectivity index (χ2v) is 30.2. The molecule has 1 rings (SSSR count). The quantitative estimate of drug-likeness (QED) is 0.0195. The van der Waals surface area contributed by atoms with Gasteiger partial charge < -0.3 is 45.1 Å². The fraction of sp³-hybridized carbons (Fsp3) is 0.930. The lowest BCUT2D eigenvalue weighted by Gasteiger charge is -2.40. The minimum Gasteiger partial charge on any atom is -0.466 e. The van der Waals surface area contributed by atoms with Crippen LogP contribution >= 0.6 is 0 Å². The molecule has 7 unspecified atom stereocenters. The molecule has 0 bridgehead atoms. The first-order valence-electron chi connectivity index (χ1n) is 43.1. The maximum Gasteiger partial charge on any atom is 0.305 e. The molecular formula is C86H165NO10. The Bertz CT molecular complexity index is 1660. The molecule has 11 nitrogen and oxygen atoms in total. The third kappa shape index (κ3) is 63.6. The Morgan fingerprint density at radius 1 is 0.371 bits per heavy atom. The number of carbonyl (C=O) groups excluding carboxylic acids is 2. The molecule has 1 aliphatic heterocycles. The van der Waals surface area contributed by atoms with E-state index in [9.17, 15) is 35.1 Å². The molecule has 6 N–H and O–H groups in total. The minimum absolute atomic E-state index is 0.0242. The van der Waals surface area contributed by atoms with Crippen LogP contribution in [0.3, 0.4) is 0 Å². The standard InChI is InChI=1S/C86H165NO10/c1-3-5-7-9-11-13-15-16-17-18-40-44-47-50-54-58-62-66-70-74-82(91)95-75-71-67-63-59-55-51-48-45-42-39-37-35-33-31-29-27-25-23-21-19-20-22-24-26-28-30-32-34-36-38-41-43-46-49-53-57-61-65-69-73-81(90)87-78(77-96-86-85(94)84(93)83(92)80(76-88)97-86)79(89)72-68-64-60-56-52-14-12-10-8-6-4-2/h52,56,68,72,78-80,83-86,88-89,92-94H,3-51,53-55,57-67,69-71,73-77H2,1-2H3,(H,87,90)/b56-52+,72-68+. The fourth-order valence-corrected chi connectivity index (χ4v) is 14.1. The monoisotopic (exact) mass is 1370 g/mol. The number of nitrogens with one attached hydrogen (secondary N) is 1. The molecule has 0 saturated carbocycles. The van der Waals surface area contributed by atoms with Crippen LogP contribution in [0, 0.1) is 0 Å². The fourth-order valence-electron chi connectivity index (χ4n) is 14.1. The van der Waals surface area contributed by atoms with E-state index in [0.717, 1.165) is 51.4 Å². The van der Waals surface area contributed by atoms with Crippen LogP contribution in [0.15, 0.2) is 24.3 Å². The SMILES string of the molecule is CCCCCCC/C=C/CC/C=C/C(O)C(COC1OC(CO)C(O)C(O)C1O)NC(=O)CCCCCCCCCCCCCCCCCCCCCCCCCCCCCCCCCCCCCCCCCOC(=O)CCCCCCCCCCCCCCCCCCCCC. The van der Waals surface area contributed by atoms with E-state index in [4.69, 9.17) is 14.2 Å². The number of allylic oxidation sites excluding steroid dienone is 3. The van der Waals surface area contributed by atoms with E-state index >= 15 is 0 Å². The van der Waals surface area contributed by atoms with Crippen LogP contribution < -0.4 is 5.32 Å². The maximum atomic E-state index is 13.1. The summed E-state index contributed by atoms with van der Waals surface area (Å²) < 4.78 is 16.8. The van der Waals surface area contributed by atoms with Crippen LogP contribution in [-0.4, -0.2) is 100 Å². The van der Waals surface area contributed by atoms with Gasteiger partial charge >= 0.3 is 5.97 Å². The molecule has 11 heteroatoms. The van der Waals surface area contributed by atoms with Crippen molar-refractivity contribution in [2.24, 2.45) is 0 Å². The van der Waals surface area contributed by atoms with Gasteiger partial charge in [0.25, 0.3) is 0 Å². The van der Waals surface area contributed by atoms with Crippen LogP contribution in [0.25, 0.3) is 0 Å². The van der Waals surface area contributed by atoms with Crippen molar-refractivity contribution in [3.63, 3.8) is 0 Å². The van der Waals surface area contributed by atoms with Crippen molar-refractivity contribution in [2.45, 2.75) is 493 Å². The van der Waals surface area contributed by atoms with Gasteiger partial charge in [0.15, 0.2) is 6.29 Å². The molecule has 1 aliphatic rings. The summed E-state index contributed by atoms with van der Waals surface area (Å²) in [4.78, 5) is 25.2. The number of aliphatic hydroxyl groups is 5. The molecule has 0 aliphatic carbocycles. The number of hydrogen-bond donors (Lipinski definition) is 6. The zero-order valence-electron chi connectivity index (χ0n) is 64.3. The second-order valence-electron chi connectivity index (χ2n) is 30.2. The second kappa shape index (κ2) is 75.3. The molecule has 1 amide bonds. The summed E-state index contributed by atoms with van der Waals surface area (Å²) >= 11 is 0. The summed E-state index contributed by atoms with van der Waals surface area (Å²) in [6.45, 7) is 4.37. The third-order valence-corrected chi connectivity index (χ3v) is 20.8. The summed E-state index contributed by atoms with van der Waals surface area (Å²) in [5.41, 5.74) is 0. The Morgan fingerprint density at radius 2 is 0.670 bits per heavy atom. The Hall–Kier alpha value is -1.86. The van der Waals surface area contributed by atoms with Gasteiger partial charge in [0.1, 0.15) is 24.4 Å². The highest BCUT2D eigenvalue weighted by atomic mass is 16.7. The lowest BCUT2D eigenvalue weighted by Crippen LogP contribution is -2.60. The van der Waals surface area contributed by atoms with E-state index in [1.54, 1.807) is 6.08 Å². The highest BCUT2D eigenvalue weighted by Gasteiger charge is 2.44. The van der Waals surface area contributed by atoms with E-state index in [1.807, 2.05) is 6.08 Å². The van der Waals surface area contributed by atoms with Gasteiger partial charge in [-0.25, -0.2) is 0 Å². The molecule has 0 aromatic rings. The van der Waals surface area contributed by atoms with Gasteiger partial charge in [0.2, 0.25) is 5.91 Å². The lowest BCUT2D eigenvalue weighted by molar-refractivity contribution is -0.302. The van der Waals surface area contributed by atoms with Gasteiger partial charge in [-0.15, -0.1) is 0 Å². The lowest BCUT2D eigenvalue weighted by atomic mass is 9.99. The summed E-state index contributed by atoms with van der Waals surface area (Å²) in [6, 6.07) is -0.822. The average Bonchev–Trinajstić information content (AvgIpc) is 0.869. The van der Waals surface area contributed by atoms with E-state index in [-0.39, 0.29) is 18.5 Å². The molecule has 7 atom stereocenters. The maximum absolute atomic E-state index is 13.1. The Kier molecular flexibility index (Phi) is 72.3. The van der Waals surface area contributed by atoms with E-state index < -0.39 is 49.5 Å². The number of ether oxygens (including phenoxy) is 3. The highest BCUT2D eigenvalue weighted by molar-refractivity contribution is 5.76. The third-order valence-electron chi connectivity index (χ3n) is 20.8. The van der Waals surface area contributed by atoms with E-state index in [2.05, 4.69) is 31.3 Å².